The molecule has 6 aliphatic carbocycles. The van der Waals surface area contributed by atoms with Gasteiger partial charge < -0.3 is 4.74 Å². The van der Waals surface area contributed by atoms with Crippen LogP contribution < -0.4 is 0 Å². The molecule has 0 aliphatic heterocycles. The molecule has 6 rings (SSSR count). The van der Waals surface area contributed by atoms with Crippen molar-refractivity contribution in [3.05, 3.63) is 48.6 Å². The quantitative estimate of drug-likeness (QED) is 0.0697. The van der Waals surface area contributed by atoms with Gasteiger partial charge in [-0.2, -0.15) is 0 Å². The summed E-state index contributed by atoms with van der Waals surface area (Å²) in [5.41, 5.74) is 1.44. The monoisotopic (exact) mass is 811 g/mol. The highest BCUT2D eigenvalue weighted by Gasteiger charge is 2.55. The van der Waals surface area contributed by atoms with E-state index in [4.69, 9.17) is 4.74 Å². The minimum atomic E-state index is 0.248. The van der Waals surface area contributed by atoms with Crippen molar-refractivity contribution < 1.29 is 4.74 Å². The fraction of sp³-hybridized carbons (Fsp3) is 0.862. The van der Waals surface area contributed by atoms with Crippen molar-refractivity contribution in [3.63, 3.8) is 0 Å². The summed E-state index contributed by atoms with van der Waals surface area (Å²) < 4.78 is 6.72. The number of unbranched alkanes of at least 4 members (excludes halogenated alkanes) is 8. The first-order chi connectivity index (χ1) is 29.0. The summed E-state index contributed by atoms with van der Waals surface area (Å²) in [4.78, 5) is 0. The van der Waals surface area contributed by atoms with E-state index in [-0.39, 0.29) is 10.8 Å². The zero-order valence-corrected chi connectivity index (χ0v) is 39.9. The highest BCUT2D eigenvalue weighted by molar-refractivity contribution is 5.28. The molecule has 0 aromatic carbocycles. The lowest BCUT2D eigenvalue weighted by Crippen LogP contribution is -2.48. The maximum absolute atomic E-state index is 6.72. The van der Waals surface area contributed by atoms with Gasteiger partial charge in [-0.1, -0.05) is 230 Å². The van der Waals surface area contributed by atoms with Gasteiger partial charge >= 0.3 is 0 Å². The molecule has 4 saturated carbocycles. The van der Waals surface area contributed by atoms with Crippen molar-refractivity contribution in [3.8, 4) is 0 Å². The highest BCUT2D eigenvalue weighted by Crippen LogP contribution is 2.64. The fourth-order valence-electron chi connectivity index (χ4n) is 15.1. The first kappa shape index (κ1) is 47.4. The molecule has 0 radical (unpaired) electrons. The standard InChI is InChI=1S/C58H98O/c1-5-9-15-23-49-25-29-53(30-26-49)57(39-19-13-20-40-57)55(37-17-11-7-3)43-33-51(34-44-55)47-59-48-52-35-45-56(46-36-52,38-18-12-8-4)58(41-21-14-22-42-58)54-31-27-50(28-32-54)24-16-10-6-2/h33-36,43-46,49-54H,5-32,37-42,47-48H2,1-4H3. The molecule has 0 bridgehead atoms. The Balaban J connectivity index is 1.09. The molecule has 336 valence electrons. The SMILES string of the molecule is CCCCCC1CCC(C2(C3(CCCCC)C=CC(COCC4C=CC(CCCCC)(C5(C6CCC(CCCCC)CC6)CCCCC5)C=C4)C=C3)CCCCC2)CC1. The molecular weight excluding hydrogens is 713 g/mol. The number of ether oxygens (including phenoxy) is 1. The molecule has 1 heteroatoms. The van der Waals surface area contributed by atoms with Crippen molar-refractivity contribution in [2.75, 3.05) is 13.2 Å². The zero-order chi connectivity index (χ0) is 41.3. The van der Waals surface area contributed by atoms with Crippen LogP contribution in [0.15, 0.2) is 48.6 Å². The van der Waals surface area contributed by atoms with Crippen molar-refractivity contribution in [1.29, 1.82) is 0 Å². The fourth-order valence-corrected chi connectivity index (χ4v) is 15.1. The summed E-state index contributed by atoms with van der Waals surface area (Å²) in [6.45, 7) is 11.2. The largest absolute Gasteiger partial charge is 0.380 e. The third-order valence-corrected chi connectivity index (χ3v) is 18.6. The van der Waals surface area contributed by atoms with E-state index in [1.54, 1.807) is 0 Å². The summed E-state index contributed by atoms with van der Waals surface area (Å²) in [7, 11) is 0. The molecule has 4 fully saturated rings. The Bertz CT molecular complexity index is 1140. The van der Waals surface area contributed by atoms with E-state index in [0.717, 1.165) is 36.9 Å². The maximum atomic E-state index is 6.72. The van der Waals surface area contributed by atoms with E-state index in [0.29, 0.717) is 22.7 Å². The molecule has 59 heavy (non-hydrogen) atoms. The number of hydrogen-bond donors (Lipinski definition) is 0. The van der Waals surface area contributed by atoms with Crippen molar-refractivity contribution >= 4 is 0 Å². The molecule has 0 heterocycles. The van der Waals surface area contributed by atoms with E-state index in [1.165, 1.54) is 218 Å². The smallest absolute Gasteiger partial charge is 0.0563 e. The Morgan fingerprint density at radius 2 is 0.746 bits per heavy atom. The molecule has 0 saturated heterocycles. The zero-order valence-electron chi connectivity index (χ0n) is 39.9. The van der Waals surface area contributed by atoms with Crippen molar-refractivity contribution in [1.82, 2.24) is 0 Å². The predicted molar refractivity (Wildman–Crippen MR) is 258 cm³/mol. The Morgan fingerprint density at radius 1 is 0.407 bits per heavy atom. The molecule has 0 unspecified atom stereocenters. The second-order valence-corrected chi connectivity index (χ2v) is 22.2. The Morgan fingerprint density at radius 3 is 1.08 bits per heavy atom. The lowest BCUT2D eigenvalue weighted by Gasteiger charge is -2.57. The van der Waals surface area contributed by atoms with Crippen LogP contribution in [0, 0.1) is 57.2 Å². The third-order valence-electron chi connectivity index (χ3n) is 18.6. The van der Waals surface area contributed by atoms with Gasteiger partial charge in [-0.15, -0.1) is 0 Å². The number of hydrogen-bond acceptors (Lipinski definition) is 1. The predicted octanol–water partition coefficient (Wildman–Crippen LogP) is 18.3. The van der Waals surface area contributed by atoms with Crippen molar-refractivity contribution in [2.24, 2.45) is 57.2 Å². The van der Waals surface area contributed by atoms with Gasteiger partial charge in [-0.25, -0.2) is 0 Å². The molecule has 6 aliphatic rings. The van der Waals surface area contributed by atoms with Crippen LogP contribution in [0.5, 0.6) is 0 Å². The van der Waals surface area contributed by atoms with Crippen LogP contribution in [0.3, 0.4) is 0 Å². The highest BCUT2D eigenvalue weighted by atomic mass is 16.5. The van der Waals surface area contributed by atoms with E-state index in [2.05, 4.69) is 76.3 Å². The lowest BCUT2D eigenvalue weighted by atomic mass is 9.47. The minimum Gasteiger partial charge on any atom is -0.380 e. The number of rotatable bonds is 24. The number of allylic oxidation sites excluding steroid dienone is 4. The second-order valence-electron chi connectivity index (χ2n) is 22.2. The summed E-state index contributed by atoms with van der Waals surface area (Å²) in [5, 5.41) is 0. The third kappa shape index (κ3) is 11.7. The summed E-state index contributed by atoms with van der Waals surface area (Å²) in [6.07, 6.45) is 70.5. The van der Waals surface area contributed by atoms with Crippen LogP contribution in [0.25, 0.3) is 0 Å². The lowest BCUT2D eigenvalue weighted by molar-refractivity contribution is -0.0295. The van der Waals surface area contributed by atoms with Crippen LogP contribution in [0.2, 0.25) is 0 Å². The van der Waals surface area contributed by atoms with Gasteiger partial charge in [0.25, 0.3) is 0 Å². The first-order valence-electron chi connectivity index (χ1n) is 27.3. The molecule has 0 atom stereocenters. The van der Waals surface area contributed by atoms with Gasteiger partial charge in [0.1, 0.15) is 0 Å². The molecule has 1 nitrogen and oxygen atoms in total. The van der Waals surface area contributed by atoms with E-state index in [9.17, 15) is 0 Å². The van der Waals surface area contributed by atoms with E-state index < -0.39 is 0 Å². The summed E-state index contributed by atoms with van der Waals surface area (Å²) in [5.74, 6) is 4.64. The van der Waals surface area contributed by atoms with Crippen LogP contribution in [0.1, 0.15) is 246 Å². The van der Waals surface area contributed by atoms with Gasteiger partial charge in [0.15, 0.2) is 0 Å². The Hall–Kier alpha value is -1.08. The van der Waals surface area contributed by atoms with Crippen LogP contribution in [0.4, 0.5) is 0 Å². The molecular formula is C58H98O. The Labute approximate surface area is 368 Å². The average molecular weight is 811 g/mol. The first-order valence-corrected chi connectivity index (χ1v) is 27.3. The minimum absolute atomic E-state index is 0.248. The molecule has 0 aromatic rings. The second kappa shape index (κ2) is 24.1. The average Bonchev–Trinajstić information content (AvgIpc) is 3.29. The van der Waals surface area contributed by atoms with Gasteiger partial charge in [0, 0.05) is 22.7 Å². The molecule has 0 spiro atoms. The van der Waals surface area contributed by atoms with Crippen LogP contribution >= 0.6 is 0 Å². The Kier molecular flexibility index (Phi) is 19.4. The van der Waals surface area contributed by atoms with Gasteiger partial charge in [-0.05, 0) is 98.7 Å². The van der Waals surface area contributed by atoms with Gasteiger partial charge in [0.05, 0.1) is 13.2 Å². The van der Waals surface area contributed by atoms with Gasteiger partial charge in [-0.3, -0.25) is 0 Å². The van der Waals surface area contributed by atoms with Gasteiger partial charge in [0.2, 0.25) is 0 Å². The molecule has 0 amide bonds. The summed E-state index contributed by atoms with van der Waals surface area (Å²) >= 11 is 0. The van der Waals surface area contributed by atoms with Crippen LogP contribution in [-0.4, -0.2) is 13.2 Å². The van der Waals surface area contributed by atoms with Crippen molar-refractivity contribution in [2.45, 2.75) is 246 Å². The van der Waals surface area contributed by atoms with E-state index in [1.807, 2.05) is 0 Å². The summed E-state index contributed by atoms with van der Waals surface area (Å²) in [6, 6.07) is 0. The molecule has 0 aromatic heterocycles. The molecule has 0 N–H and O–H groups in total. The normalized spacial score (nSPS) is 34.3. The van der Waals surface area contributed by atoms with E-state index >= 15 is 0 Å². The van der Waals surface area contributed by atoms with Crippen LogP contribution in [-0.2, 0) is 4.74 Å². The topological polar surface area (TPSA) is 9.23 Å². The maximum Gasteiger partial charge on any atom is 0.0563 e.